The van der Waals surface area contributed by atoms with Gasteiger partial charge in [0.05, 0.1) is 6.04 Å². The number of guanidine groups is 1. The summed E-state index contributed by atoms with van der Waals surface area (Å²) in [5.41, 5.74) is 6.69. The molecule has 6 heteroatoms. The Morgan fingerprint density at radius 2 is 2.20 bits per heavy atom. The van der Waals surface area contributed by atoms with Crippen LogP contribution in [0.15, 0.2) is 29.3 Å². The lowest BCUT2D eigenvalue weighted by atomic mass is 10.1. The number of likely N-dealkylation sites (tertiary alicyclic amines) is 1. The number of nitrogens with two attached hydrogens (primary N) is 1. The average Bonchev–Trinajstić information content (AvgIpc) is 2.89. The Morgan fingerprint density at radius 1 is 1.50 bits per heavy atom. The lowest BCUT2D eigenvalue weighted by Crippen LogP contribution is -2.47. The number of amides is 1. The molecule has 0 saturated carbocycles. The number of carbonyl (C=O) groups is 1. The summed E-state index contributed by atoms with van der Waals surface area (Å²) in [7, 11) is 1.55. The quantitative estimate of drug-likeness (QED) is 0.653. The number of nitrogens with one attached hydrogen (secondary N) is 1. The minimum absolute atomic E-state index is 0.0837. The van der Waals surface area contributed by atoms with Gasteiger partial charge in [-0.15, -0.1) is 0 Å². The molecule has 1 aliphatic heterocycles. The highest BCUT2D eigenvalue weighted by atomic mass is 35.5. The second-order valence-electron chi connectivity index (χ2n) is 4.85. The molecule has 1 heterocycles. The van der Waals surface area contributed by atoms with E-state index in [9.17, 15) is 4.79 Å². The van der Waals surface area contributed by atoms with E-state index in [0.717, 1.165) is 36.5 Å². The van der Waals surface area contributed by atoms with Gasteiger partial charge in [0.15, 0.2) is 5.96 Å². The van der Waals surface area contributed by atoms with Gasteiger partial charge in [0.2, 0.25) is 5.91 Å². The number of aliphatic imine (C=N–C) groups is 1. The first-order valence-electron chi connectivity index (χ1n) is 6.62. The van der Waals surface area contributed by atoms with Gasteiger partial charge in [-0.1, -0.05) is 23.7 Å². The zero-order valence-corrected chi connectivity index (χ0v) is 12.2. The summed E-state index contributed by atoms with van der Waals surface area (Å²) < 4.78 is 0. The highest BCUT2D eigenvalue weighted by Gasteiger charge is 2.30. The molecular weight excluding hydrogens is 276 g/mol. The molecule has 20 heavy (non-hydrogen) atoms. The van der Waals surface area contributed by atoms with Crippen molar-refractivity contribution in [3.8, 4) is 0 Å². The fraction of sp³-hybridized carbons (Fsp3) is 0.429. The monoisotopic (exact) mass is 294 g/mol. The molecule has 0 radical (unpaired) electrons. The Balaban J connectivity index is 2.00. The van der Waals surface area contributed by atoms with Crippen molar-refractivity contribution in [3.05, 3.63) is 34.9 Å². The van der Waals surface area contributed by atoms with Gasteiger partial charge in [-0.2, -0.15) is 0 Å². The van der Waals surface area contributed by atoms with Gasteiger partial charge in [0.1, 0.15) is 0 Å². The molecule has 3 N–H and O–H groups in total. The fourth-order valence-corrected chi connectivity index (χ4v) is 2.53. The van der Waals surface area contributed by atoms with E-state index in [1.54, 1.807) is 7.05 Å². The SMILES string of the molecule is CN=C(N)NC(=O)C1CCCN1Cc1ccc(Cl)cc1. The first-order chi connectivity index (χ1) is 9.60. The number of halogens is 1. The predicted molar refractivity (Wildman–Crippen MR) is 80.6 cm³/mol. The van der Waals surface area contributed by atoms with Crippen LogP contribution < -0.4 is 11.1 Å². The van der Waals surface area contributed by atoms with Gasteiger partial charge >= 0.3 is 0 Å². The van der Waals surface area contributed by atoms with E-state index in [-0.39, 0.29) is 17.9 Å². The minimum Gasteiger partial charge on any atom is -0.370 e. The summed E-state index contributed by atoms with van der Waals surface area (Å²) in [6.45, 7) is 1.64. The maximum absolute atomic E-state index is 12.1. The standard InChI is InChI=1S/C14H19ClN4O/c1-17-14(16)18-13(20)12-3-2-8-19(12)9-10-4-6-11(15)7-5-10/h4-7,12H,2-3,8-9H2,1H3,(H3,16,17,18,20). The summed E-state index contributed by atoms with van der Waals surface area (Å²) >= 11 is 5.88. The van der Waals surface area contributed by atoms with Crippen LogP contribution in [0.1, 0.15) is 18.4 Å². The molecule has 1 saturated heterocycles. The lowest BCUT2D eigenvalue weighted by molar-refractivity contribution is -0.124. The predicted octanol–water partition coefficient (Wildman–Crippen LogP) is 1.37. The molecule has 1 atom stereocenters. The Hall–Kier alpha value is -1.59. The van der Waals surface area contributed by atoms with Crippen molar-refractivity contribution in [3.63, 3.8) is 0 Å². The van der Waals surface area contributed by atoms with Crippen molar-refractivity contribution in [2.75, 3.05) is 13.6 Å². The fourth-order valence-electron chi connectivity index (χ4n) is 2.40. The Kier molecular flexibility index (Phi) is 4.98. The number of hydrogen-bond donors (Lipinski definition) is 2. The molecule has 1 aliphatic rings. The third-order valence-electron chi connectivity index (χ3n) is 3.46. The molecule has 108 valence electrons. The molecule has 0 spiro atoms. The zero-order valence-electron chi connectivity index (χ0n) is 11.5. The molecule has 1 unspecified atom stereocenters. The van der Waals surface area contributed by atoms with E-state index in [4.69, 9.17) is 17.3 Å². The summed E-state index contributed by atoms with van der Waals surface area (Å²) in [5, 5.41) is 3.34. The van der Waals surface area contributed by atoms with Crippen LogP contribution in [-0.2, 0) is 11.3 Å². The minimum atomic E-state index is -0.147. The first-order valence-corrected chi connectivity index (χ1v) is 6.99. The third-order valence-corrected chi connectivity index (χ3v) is 3.71. The van der Waals surface area contributed by atoms with E-state index >= 15 is 0 Å². The molecule has 1 fully saturated rings. The lowest BCUT2D eigenvalue weighted by Gasteiger charge is -2.23. The number of rotatable bonds is 3. The summed E-state index contributed by atoms with van der Waals surface area (Å²) in [4.78, 5) is 18.0. The van der Waals surface area contributed by atoms with Gasteiger partial charge in [0.25, 0.3) is 0 Å². The van der Waals surface area contributed by atoms with Crippen LogP contribution in [0, 0.1) is 0 Å². The van der Waals surface area contributed by atoms with Crippen molar-refractivity contribution in [1.82, 2.24) is 10.2 Å². The van der Waals surface area contributed by atoms with E-state index in [0.29, 0.717) is 0 Å². The Bertz CT molecular complexity index is 500. The normalized spacial score (nSPS) is 20.1. The van der Waals surface area contributed by atoms with Crippen LogP contribution in [-0.4, -0.2) is 36.4 Å². The van der Waals surface area contributed by atoms with Crippen molar-refractivity contribution < 1.29 is 4.79 Å². The summed E-state index contributed by atoms with van der Waals surface area (Å²) in [5.74, 6) is 0.0768. The molecule has 1 amide bonds. The van der Waals surface area contributed by atoms with Crippen LogP contribution in [0.4, 0.5) is 0 Å². The molecule has 0 bridgehead atoms. The van der Waals surface area contributed by atoms with E-state index in [1.165, 1.54) is 0 Å². The van der Waals surface area contributed by atoms with E-state index in [1.807, 2.05) is 24.3 Å². The van der Waals surface area contributed by atoms with Crippen LogP contribution >= 0.6 is 11.6 Å². The second-order valence-corrected chi connectivity index (χ2v) is 5.29. The van der Waals surface area contributed by atoms with Gasteiger partial charge in [0, 0.05) is 18.6 Å². The zero-order chi connectivity index (χ0) is 14.5. The average molecular weight is 295 g/mol. The molecule has 2 rings (SSSR count). The summed E-state index contributed by atoms with van der Waals surface area (Å²) in [6.07, 6.45) is 1.85. The summed E-state index contributed by atoms with van der Waals surface area (Å²) in [6, 6.07) is 7.55. The maximum atomic E-state index is 12.1. The number of benzene rings is 1. The van der Waals surface area contributed by atoms with Crippen molar-refractivity contribution in [1.29, 1.82) is 0 Å². The molecule has 0 aromatic heterocycles. The highest BCUT2D eigenvalue weighted by molar-refractivity contribution is 6.30. The van der Waals surface area contributed by atoms with Crippen LogP contribution in [0.2, 0.25) is 5.02 Å². The van der Waals surface area contributed by atoms with Crippen molar-refractivity contribution in [2.45, 2.75) is 25.4 Å². The van der Waals surface area contributed by atoms with Gasteiger partial charge in [-0.25, -0.2) is 0 Å². The van der Waals surface area contributed by atoms with Crippen molar-refractivity contribution in [2.24, 2.45) is 10.7 Å². The third kappa shape index (κ3) is 3.71. The molecule has 0 aliphatic carbocycles. The van der Waals surface area contributed by atoms with Crippen LogP contribution in [0.25, 0.3) is 0 Å². The smallest absolute Gasteiger partial charge is 0.244 e. The second kappa shape index (κ2) is 6.72. The van der Waals surface area contributed by atoms with Gasteiger partial charge in [-0.3, -0.25) is 20.0 Å². The largest absolute Gasteiger partial charge is 0.370 e. The Labute approximate surface area is 123 Å². The highest BCUT2D eigenvalue weighted by Crippen LogP contribution is 2.21. The first kappa shape index (κ1) is 14.8. The van der Waals surface area contributed by atoms with Gasteiger partial charge < -0.3 is 5.73 Å². The number of carbonyl (C=O) groups excluding carboxylic acids is 1. The van der Waals surface area contributed by atoms with Crippen LogP contribution in [0.5, 0.6) is 0 Å². The van der Waals surface area contributed by atoms with E-state index < -0.39 is 0 Å². The van der Waals surface area contributed by atoms with Crippen LogP contribution in [0.3, 0.4) is 0 Å². The topological polar surface area (TPSA) is 70.7 Å². The molecular formula is C14H19ClN4O. The Morgan fingerprint density at radius 3 is 2.85 bits per heavy atom. The van der Waals surface area contributed by atoms with E-state index in [2.05, 4.69) is 15.2 Å². The molecule has 1 aromatic rings. The number of nitrogens with zero attached hydrogens (tertiary/aromatic N) is 2. The number of hydrogen-bond acceptors (Lipinski definition) is 3. The maximum Gasteiger partial charge on any atom is 0.244 e. The molecule has 1 aromatic carbocycles. The molecule has 5 nitrogen and oxygen atoms in total. The van der Waals surface area contributed by atoms with Gasteiger partial charge in [-0.05, 0) is 37.1 Å². The van der Waals surface area contributed by atoms with Crippen molar-refractivity contribution >= 4 is 23.5 Å².